The lowest BCUT2D eigenvalue weighted by molar-refractivity contribution is 1.08. The van der Waals surface area contributed by atoms with Gasteiger partial charge in [-0.1, -0.05) is 29.5 Å². The van der Waals surface area contributed by atoms with Gasteiger partial charge in [-0.05, 0) is 11.6 Å². The molecule has 0 fully saturated rings. The van der Waals surface area contributed by atoms with Gasteiger partial charge in [0.15, 0.2) is 5.01 Å². The van der Waals surface area contributed by atoms with Crippen LogP contribution >= 0.6 is 11.3 Å². The summed E-state index contributed by atoms with van der Waals surface area (Å²) >= 11 is 1.54. The van der Waals surface area contributed by atoms with Crippen LogP contribution in [0.4, 0.5) is 5.69 Å². The highest BCUT2D eigenvalue weighted by Crippen LogP contribution is 2.28. The molecule has 1 aromatic heterocycles. The Morgan fingerprint density at radius 2 is 2.14 bits per heavy atom. The van der Waals surface area contributed by atoms with Crippen molar-refractivity contribution in [2.45, 2.75) is 6.42 Å². The minimum atomic E-state index is 0.880. The maximum atomic E-state index is 4.52. The molecule has 0 saturated carbocycles. The third-order valence-corrected chi connectivity index (χ3v) is 2.95. The van der Waals surface area contributed by atoms with E-state index in [1.165, 1.54) is 16.9 Å². The molecule has 0 amide bonds. The van der Waals surface area contributed by atoms with E-state index in [9.17, 15) is 0 Å². The van der Waals surface area contributed by atoms with Gasteiger partial charge in [0.05, 0.1) is 11.4 Å². The van der Waals surface area contributed by atoms with E-state index in [1.807, 2.05) is 18.2 Å². The third-order valence-electron chi connectivity index (χ3n) is 2.21. The van der Waals surface area contributed by atoms with Crippen LogP contribution in [0.25, 0.3) is 0 Å². The fourth-order valence-electron chi connectivity index (χ4n) is 1.56. The Balaban J connectivity index is 2.04. The van der Waals surface area contributed by atoms with Crippen molar-refractivity contribution < 1.29 is 0 Å². The molecule has 4 heteroatoms. The predicted molar refractivity (Wildman–Crippen MR) is 56.3 cm³/mol. The Hall–Kier alpha value is -1.55. The van der Waals surface area contributed by atoms with E-state index in [1.54, 1.807) is 5.51 Å². The highest BCUT2D eigenvalue weighted by molar-refractivity contribution is 7.11. The van der Waals surface area contributed by atoms with Gasteiger partial charge in [-0.2, -0.15) is 0 Å². The summed E-state index contributed by atoms with van der Waals surface area (Å²) in [5.74, 6) is 0. The van der Waals surface area contributed by atoms with Crippen LogP contribution in [-0.2, 0) is 6.42 Å². The van der Waals surface area contributed by atoms with Crippen LogP contribution < -0.4 is 0 Å². The van der Waals surface area contributed by atoms with Crippen LogP contribution in [0.1, 0.15) is 10.6 Å². The van der Waals surface area contributed by atoms with Crippen LogP contribution in [0.2, 0.25) is 0 Å². The van der Waals surface area contributed by atoms with Crippen molar-refractivity contribution in [3.05, 3.63) is 40.3 Å². The van der Waals surface area contributed by atoms with Gasteiger partial charge in [0.1, 0.15) is 5.51 Å². The number of fused-ring (bicyclic) bond motifs is 1. The monoisotopic (exact) mass is 201 g/mol. The first-order valence-electron chi connectivity index (χ1n) is 4.35. The van der Waals surface area contributed by atoms with Crippen LogP contribution in [0, 0.1) is 0 Å². The number of benzene rings is 1. The molecule has 14 heavy (non-hydrogen) atoms. The van der Waals surface area contributed by atoms with Crippen molar-refractivity contribution in [1.29, 1.82) is 0 Å². The fourth-order valence-corrected chi connectivity index (χ4v) is 2.10. The molecule has 0 bridgehead atoms. The highest BCUT2D eigenvalue weighted by Gasteiger charge is 2.17. The summed E-state index contributed by atoms with van der Waals surface area (Å²) in [6.07, 6.45) is 0.880. The Morgan fingerprint density at radius 3 is 2.93 bits per heavy atom. The van der Waals surface area contributed by atoms with Gasteiger partial charge in [-0.3, -0.25) is 0 Å². The zero-order valence-corrected chi connectivity index (χ0v) is 8.16. The fraction of sp³-hybridized carbons (Fsp3) is 0.100. The molecule has 0 unspecified atom stereocenters. The third kappa shape index (κ3) is 1.15. The molecule has 1 aliphatic heterocycles. The molecule has 68 valence electrons. The minimum absolute atomic E-state index is 0.880. The van der Waals surface area contributed by atoms with E-state index in [-0.39, 0.29) is 0 Å². The number of para-hydroxylation sites is 1. The quantitative estimate of drug-likeness (QED) is 0.709. The van der Waals surface area contributed by atoms with Crippen LogP contribution in [-0.4, -0.2) is 15.9 Å². The van der Waals surface area contributed by atoms with Crippen molar-refractivity contribution in [1.82, 2.24) is 10.2 Å². The number of rotatable bonds is 1. The van der Waals surface area contributed by atoms with Gasteiger partial charge in [0, 0.05) is 6.42 Å². The van der Waals surface area contributed by atoms with Gasteiger partial charge in [0.25, 0.3) is 0 Å². The number of nitrogens with zero attached hydrogens (tertiary/aromatic N) is 3. The Bertz CT molecular complexity index is 488. The summed E-state index contributed by atoms with van der Waals surface area (Å²) < 4.78 is 0. The molecule has 0 spiro atoms. The maximum Gasteiger partial charge on any atom is 0.162 e. The standard InChI is InChI=1S/C10H7N3S/c1-2-4-8-7(3-1)5-9(12-8)10-13-11-6-14-10/h1-4,6H,5H2. The first kappa shape index (κ1) is 7.82. The van der Waals surface area contributed by atoms with E-state index in [0.717, 1.165) is 22.8 Å². The first-order chi connectivity index (χ1) is 6.93. The number of aromatic nitrogens is 2. The molecule has 2 heterocycles. The van der Waals surface area contributed by atoms with Crippen molar-refractivity contribution >= 4 is 22.7 Å². The molecule has 3 nitrogen and oxygen atoms in total. The summed E-state index contributed by atoms with van der Waals surface area (Å²) in [6.45, 7) is 0. The van der Waals surface area contributed by atoms with E-state index >= 15 is 0 Å². The molecule has 1 aromatic carbocycles. The summed E-state index contributed by atoms with van der Waals surface area (Å²) in [4.78, 5) is 4.52. The minimum Gasteiger partial charge on any atom is -0.250 e. The summed E-state index contributed by atoms with van der Waals surface area (Å²) in [5.41, 5.74) is 5.12. The molecule has 0 atom stereocenters. The van der Waals surface area contributed by atoms with E-state index in [4.69, 9.17) is 0 Å². The van der Waals surface area contributed by atoms with Crippen molar-refractivity contribution in [2.24, 2.45) is 4.99 Å². The Morgan fingerprint density at radius 1 is 1.21 bits per heavy atom. The first-order valence-corrected chi connectivity index (χ1v) is 5.23. The molecule has 0 N–H and O–H groups in total. The molecule has 0 radical (unpaired) electrons. The second kappa shape index (κ2) is 2.99. The van der Waals surface area contributed by atoms with Crippen molar-refractivity contribution in [2.75, 3.05) is 0 Å². The molecule has 1 aliphatic rings. The van der Waals surface area contributed by atoms with Crippen LogP contribution in [0.15, 0.2) is 34.8 Å². The molecule has 2 aromatic rings. The van der Waals surface area contributed by atoms with Gasteiger partial charge in [-0.15, -0.1) is 10.2 Å². The molecule has 3 rings (SSSR count). The van der Waals surface area contributed by atoms with E-state index in [0.29, 0.717) is 0 Å². The molecular weight excluding hydrogens is 194 g/mol. The van der Waals surface area contributed by atoms with Crippen LogP contribution in [0.3, 0.4) is 0 Å². The summed E-state index contributed by atoms with van der Waals surface area (Å²) in [6, 6.07) is 8.18. The van der Waals surface area contributed by atoms with E-state index in [2.05, 4.69) is 21.3 Å². The summed E-state index contributed by atoms with van der Waals surface area (Å²) in [7, 11) is 0. The second-order valence-electron chi connectivity index (χ2n) is 3.11. The highest BCUT2D eigenvalue weighted by atomic mass is 32.1. The lowest BCUT2D eigenvalue weighted by Gasteiger charge is -1.92. The lowest BCUT2D eigenvalue weighted by atomic mass is 10.1. The Kier molecular flexibility index (Phi) is 1.67. The van der Waals surface area contributed by atoms with Crippen molar-refractivity contribution in [3.8, 4) is 0 Å². The largest absolute Gasteiger partial charge is 0.250 e. The van der Waals surface area contributed by atoms with Crippen molar-refractivity contribution in [3.63, 3.8) is 0 Å². The number of hydrogen-bond donors (Lipinski definition) is 0. The lowest BCUT2D eigenvalue weighted by Crippen LogP contribution is -1.99. The zero-order chi connectivity index (χ0) is 9.38. The molecule has 0 aliphatic carbocycles. The van der Waals surface area contributed by atoms with Gasteiger partial charge in [-0.25, -0.2) is 4.99 Å². The predicted octanol–water partition coefficient (Wildman–Crippen LogP) is 2.21. The van der Waals surface area contributed by atoms with Gasteiger partial charge in [0.2, 0.25) is 0 Å². The number of aliphatic imine (C=N–C) groups is 1. The maximum absolute atomic E-state index is 4.52. The van der Waals surface area contributed by atoms with E-state index < -0.39 is 0 Å². The van der Waals surface area contributed by atoms with Gasteiger partial charge >= 0.3 is 0 Å². The average Bonchev–Trinajstić information content (AvgIpc) is 2.86. The van der Waals surface area contributed by atoms with Gasteiger partial charge < -0.3 is 0 Å². The molecule has 0 saturated heterocycles. The molecular formula is C10H7N3S. The smallest absolute Gasteiger partial charge is 0.162 e. The topological polar surface area (TPSA) is 38.1 Å². The second-order valence-corrected chi connectivity index (χ2v) is 3.94. The zero-order valence-electron chi connectivity index (χ0n) is 7.34. The SMILES string of the molecule is c1ccc2c(c1)CC(c1nncs1)=N2. The summed E-state index contributed by atoms with van der Waals surface area (Å²) in [5, 5.41) is 8.77. The number of hydrogen-bond acceptors (Lipinski definition) is 4. The Labute approximate surface area is 85.2 Å². The van der Waals surface area contributed by atoms with Crippen LogP contribution in [0.5, 0.6) is 0 Å². The normalized spacial score (nSPS) is 13.9. The average molecular weight is 201 g/mol.